The van der Waals surface area contributed by atoms with Gasteiger partial charge in [-0.1, -0.05) is 0 Å². The van der Waals surface area contributed by atoms with Crippen molar-refractivity contribution in [3.05, 3.63) is 33.9 Å². The van der Waals surface area contributed by atoms with E-state index in [-0.39, 0.29) is 16.7 Å². The first-order valence-corrected chi connectivity index (χ1v) is 6.77. The molecule has 0 spiro atoms. The van der Waals surface area contributed by atoms with Crippen molar-refractivity contribution in [1.82, 2.24) is 5.32 Å². The van der Waals surface area contributed by atoms with Crippen molar-refractivity contribution in [2.45, 2.75) is 13.0 Å². The summed E-state index contributed by atoms with van der Waals surface area (Å²) in [5.41, 5.74) is 1.13. The number of rotatable bonds is 2. The molecule has 2 aliphatic heterocycles. The summed E-state index contributed by atoms with van der Waals surface area (Å²) >= 11 is 0. The fraction of sp³-hybridized carbons (Fsp3) is 0.500. The highest BCUT2D eigenvalue weighted by molar-refractivity contribution is 5.67. The van der Waals surface area contributed by atoms with E-state index >= 15 is 0 Å². The van der Waals surface area contributed by atoms with Gasteiger partial charge in [0.25, 0.3) is 5.69 Å². The first-order valence-electron chi connectivity index (χ1n) is 6.77. The largest absolute Gasteiger partial charge is 0.363 e. The Hall–Kier alpha value is -2.13. The molecule has 2 heterocycles. The van der Waals surface area contributed by atoms with Gasteiger partial charge >= 0.3 is 0 Å². The van der Waals surface area contributed by atoms with E-state index in [0.717, 1.165) is 19.6 Å². The maximum Gasteiger partial charge on any atom is 0.292 e. The number of anilines is 1. The number of nitro groups is 1. The Labute approximate surface area is 117 Å². The summed E-state index contributed by atoms with van der Waals surface area (Å²) in [6.07, 6.45) is 0. The molecule has 3 unspecified atom stereocenters. The van der Waals surface area contributed by atoms with Gasteiger partial charge in [0.2, 0.25) is 0 Å². The molecule has 0 aliphatic carbocycles. The van der Waals surface area contributed by atoms with Crippen LogP contribution in [0.5, 0.6) is 0 Å². The van der Waals surface area contributed by atoms with Crippen LogP contribution in [0, 0.1) is 33.3 Å². The smallest absolute Gasteiger partial charge is 0.292 e. The minimum absolute atomic E-state index is 0.0868. The molecule has 104 valence electrons. The molecular formula is C14H16N4O2. The van der Waals surface area contributed by atoms with E-state index in [1.165, 1.54) is 12.1 Å². The monoisotopic (exact) mass is 272 g/mol. The molecule has 1 N–H and O–H groups in total. The molecular weight excluding hydrogens is 256 g/mol. The Balaban J connectivity index is 2.01. The number of hydrogen-bond acceptors (Lipinski definition) is 5. The molecule has 3 rings (SSSR count). The van der Waals surface area contributed by atoms with E-state index in [4.69, 9.17) is 5.26 Å². The summed E-state index contributed by atoms with van der Waals surface area (Å²) < 4.78 is 0. The molecule has 0 radical (unpaired) electrons. The van der Waals surface area contributed by atoms with Gasteiger partial charge < -0.3 is 10.2 Å². The van der Waals surface area contributed by atoms with Gasteiger partial charge in [0, 0.05) is 31.7 Å². The SMILES string of the molecule is CC1C2CNCC2CN1c1cc(C#N)ccc1[N+](=O)[O-]. The lowest BCUT2D eigenvalue weighted by molar-refractivity contribution is -0.384. The summed E-state index contributed by atoms with van der Waals surface area (Å²) in [5.74, 6) is 1.07. The average Bonchev–Trinajstić information content (AvgIpc) is 3.01. The second-order valence-electron chi connectivity index (χ2n) is 5.55. The third-order valence-electron chi connectivity index (χ3n) is 4.55. The molecule has 1 aromatic rings. The molecule has 2 saturated heterocycles. The summed E-state index contributed by atoms with van der Waals surface area (Å²) in [6, 6.07) is 6.90. The second kappa shape index (κ2) is 4.76. The Morgan fingerprint density at radius 3 is 2.95 bits per heavy atom. The van der Waals surface area contributed by atoms with Crippen LogP contribution in [-0.2, 0) is 0 Å². The standard InChI is InChI=1S/C14H16N4O2/c1-9-12-7-16-6-11(12)8-17(9)14-4-10(5-15)2-3-13(14)18(19)20/h2-4,9,11-12,16H,6-8H2,1H3. The number of nitro benzene ring substituents is 1. The number of hydrogen-bond donors (Lipinski definition) is 1. The molecule has 2 fully saturated rings. The Morgan fingerprint density at radius 1 is 1.50 bits per heavy atom. The van der Waals surface area contributed by atoms with Crippen LogP contribution in [-0.4, -0.2) is 30.6 Å². The highest BCUT2D eigenvalue weighted by Gasteiger charge is 2.43. The molecule has 1 aromatic carbocycles. The molecule has 0 bridgehead atoms. The van der Waals surface area contributed by atoms with Gasteiger partial charge in [-0.3, -0.25) is 10.1 Å². The number of fused-ring (bicyclic) bond motifs is 1. The van der Waals surface area contributed by atoms with Crippen LogP contribution in [0.15, 0.2) is 18.2 Å². The molecule has 20 heavy (non-hydrogen) atoms. The van der Waals surface area contributed by atoms with Crippen LogP contribution in [0.4, 0.5) is 11.4 Å². The lowest BCUT2D eigenvalue weighted by Crippen LogP contribution is -2.33. The van der Waals surface area contributed by atoms with E-state index in [1.54, 1.807) is 6.07 Å². The minimum Gasteiger partial charge on any atom is -0.363 e. The zero-order valence-corrected chi connectivity index (χ0v) is 11.2. The molecule has 6 nitrogen and oxygen atoms in total. The fourth-order valence-corrected chi connectivity index (χ4v) is 3.46. The third-order valence-corrected chi connectivity index (χ3v) is 4.55. The summed E-state index contributed by atoms with van der Waals surface area (Å²) in [5, 5.41) is 23.6. The van der Waals surface area contributed by atoms with E-state index in [9.17, 15) is 10.1 Å². The molecule has 6 heteroatoms. The minimum atomic E-state index is -0.366. The maximum atomic E-state index is 11.2. The van der Waals surface area contributed by atoms with E-state index in [0.29, 0.717) is 23.1 Å². The van der Waals surface area contributed by atoms with Gasteiger partial charge in [0.1, 0.15) is 5.69 Å². The summed E-state index contributed by atoms with van der Waals surface area (Å²) in [4.78, 5) is 12.9. The van der Waals surface area contributed by atoms with Crippen molar-refractivity contribution < 1.29 is 4.92 Å². The van der Waals surface area contributed by atoms with Crippen LogP contribution in [0.3, 0.4) is 0 Å². The average molecular weight is 272 g/mol. The Kier molecular flexibility index (Phi) is 3.07. The first-order chi connectivity index (χ1) is 9.61. The van der Waals surface area contributed by atoms with E-state index < -0.39 is 0 Å². The van der Waals surface area contributed by atoms with E-state index in [2.05, 4.69) is 23.2 Å². The number of nitriles is 1. The van der Waals surface area contributed by atoms with Crippen LogP contribution in [0.2, 0.25) is 0 Å². The zero-order chi connectivity index (χ0) is 14.3. The van der Waals surface area contributed by atoms with Gasteiger partial charge in [-0.15, -0.1) is 0 Å². The topological polar surface area (TPSA) is 82.2 Å². The first kappa shape index (κ1) is 12.9. The van der Waals surface area contributed by atoms with Crippen molar-refractivity contribution in [1.29, 1.82) is 5.26 Å². The number of benzene rings is 1. The van der Waals surface area contributed by atoms with Gasteiger partial charge in [-0.05, 0) is 30.9 Å². The van der Waals surface area contributed by atoms with Crippen molar-refractivity contribution in [2.75, 3.05) is 24.5 Å². The molecule has 3 atom stereocenters. The van der Waals surface area contributed by atoms with Crippen molar-refractivity contribution in [3.8, 4) is 6.07 Å². The highest BCUT2D eigenvalue weighted by Crippen LogP contribution is 2.39. The van der Waals surface area contributed by atoms with E-state index in [1.807, 2.05) is 0 Å². The van der Waals surface area contributed by atoms with Crippen molar-refractivity contribution in [3.63, 3.8) is 0 Å². The molecule has 0 saturated carbocycles. The van der Waals surface area contributed by atoms with Crippen molar-refractivity contribution >= 4 is 11.4 Å². The van der Waals surface area contributed by atoms with Crippen molar-refractivity contribution in [2.24, 2.45) is 11.8 Å². The molecule has 0 aromatic heterocycles. The molecule has 0 amide bonds. The lowest BCUT2D eigenvalue weighted by atomic mass is 9.95. The van der Waals surface area contributed by atoms with Gasteiger partial charge in [-0.2, -0.15) is 5.26 Å². The Morgan fingerprint density at radius 2 is 2.30 bits per heavy atom. The van der Waals surface area contributed by atoms with Gasteiger partial charge in [0.15, 0.2) is 0 Å². The summed E-state index contributed by atoms with van der Waals surface area (Å²) in [6.45, 7) is 4.86. The zero-order valence-electron chi connectivity index (χ0n) is 11.2. The summed E-state index contributed by atoms with van der Waals surface area (Å²) in [7, 11) is 0. The quantitative estimate of drug-likeness (QED) is 0.652. The van der Waals surface area contributed by atoms with Crippen LogP contribution >= 0.6 is 0 Å². The number of nitrogens with zero attached hydrogens (tertiary/aromatic N) is 3. The second-order valence-corrected chi connectivity index (χ2v) is 5.55. The van der Waals surface area contributed by atoms with Crippen LogP contribution < -0.4 is 10.2 Å². The third kappa shape index (κ3) is 1.91. The van der Waals surface area contributed by atoms with Crippen LogP contribution in [0.25, 0.3) is 0 Å². The van der Waals surface area contributed by atoms with Gasteiger partial charge in [0.05, 0.1) is 16.6 Å². The van der Waals surface area contributed by atoms with Gasteiger partial charge in [-0.25, -0.2) is 0 Å². The predicted octanol–water partition coefficient (Wildman–Crippen LogP) is 1.51. The molecule has 2 aliphatic rings. The van der Waals surface area contributed by atoms with Crippen LogP contribution in [0.1, 0.15) is 12.5 Å². The Bertz CT molecular complexity index is 595. The number of nitrogens with one attached hydrogen (secondary N) is 1. The predicted molar refractivity (Wildman–Crippen MR) is 74.5 cm³/mol. The maximum absolute atomic E-state index is 11.2. The fourth-order valence-electron chi connectivity index (χ4n) is 3.46. The highest BCUT2D eigenvalue weighted by atomic mass is 16.6. The normalized spacial score (nSPS) is 28.2. The lowest BCUT2D eigenvalue weighted by Gasteiger charge is -2.26.